The Morgan fingerprint density at radius 1 is 0.625 bits per heavy atom. The van der Waals surface area contributed by atoms with Crippen LogP contribution in [0, 0.1) is 6.67 Å². The smallest absolute Gasteiger partial charge is 0.146 e. The highest BCUT2D eigenvalue weighted by atomic mass is 15.4. The van der Waals surface area contributed by atoms with Gasteiger partial charge in [-0.25, -0.2) is 0 Å². The normalized spacial score (nSPS) is 25.3. The molecule has 136 valence electrons. The van der Waals surface area contributed by atoms with E-state index in [0.29, 0.717) is 0 Å². The number of hydrogen-bond donors (Lipinski definition) is 0. The second-order valence-corrected chi connectivity index (χ2v) is 7.60. The topological polar surface area (TPSA) is 13.0 Å². The molecule has 3 rings (SSSR count). The average molecular weight is 333 g/mol. The molecule has 2 radical (unpaired) electrons. The highest BCUT2D eigenvalue weighted by molar-refractivity contribution is 4.90. The quantitative estimate of drug-likeness (QED) is 0.633. The summed E-state index contributed by atoms with van der Waals surface area (Å²) in [7, 11) is 0. The van der Waals surface area contributed by atoms with Gasteiger partial charge in [0.25, 0.3) is 0 Å². The summed E-state index contributed by atoms with van der Waals surface area (Å²) in [6.45, 7) is 15.8. The van der Waals surface area contributed by atoms with E-state index in [4.69, 9.17) is 0 Å². The van der Waals surface area contributed by atoms with E-state index < -0.39 is 0 Å². The van der Waals surface area contributed by atoms with E-state index in [2.05, 4.69) is 38.4 Å². The van der Waals surface area contributed by atoms with Crippen molar-refractivity contribution in [1.82, 2.24) is 19.6 Å². The van der Waals surface area contributed by atoms with Crippen LogP contribution in [0.3, 0.4) is 0 Å². The Labute approximate surface area is 149 Å². The SMILES string of the molecule is [C]1N(CCCN2CC=CCC2)CCN1CCCN1CCCCCC1. The molecule has 0 saturated carbocycles. The number of rotatable bonds is 8. The molecule has 3 aliphatic heterocycles. The van der Waals surface area contributed by atoms with Crippen LogP contribution in [-0.4, -0.2) is 85.0 Å². The van der Waals surface area contributed by atoms with Crippen LogP contribution in [0.1, 0.15) is 44.9 Å². The van der Waals surface area contributed by atoms with Crippen molar-refractivity contribution in [3.05, 3.63) is 18.8 Å². The third-order valence-electron chi connectivity index (χ3n) is 5.57. The van der Waals surface area contributed by atoms with Gasteiger partial charge in [-0.2, -0.15) is 0 Å². The molecule has 24 heavy (non-hydrogen) atoms. The summed E-state index contributed by atoms with van der Waals surface area (Å²) in [4.78, 5) is 10.1. The van der Waals surface area contributed by atoms with E-state index in [-0.39, 0.29) is 0 Å². The van der Waals surface area contributed by atoms with E-state index in [9.17, 15) is 0 Å². The summed E-state index contributed by atoms with van der Waals surface area (Å²) in [5.41, 5.74) is 0. The summed E-state index contributed by atoms with van der Waals surface area (Å²) in [5, 5.41) is 0. The van der Waals surface area contributed by atoms with Gasteiger partial charge in [0.1, 0.15) is 6.67 Å². The molecule has 4 nitrogen and oxygen atoms in total. The molecule has 2 saturated heterocycles. The molecule has 0 aromatic rings. The Balaban J connectivity index is 1.22. The molecule has 3 heterocycles. The number of hydrogen-bond acceptors (Lipinski definition) is 4. The molecule has 0 amide bonds. The lowest BCUT2D eigenvalue weighted by Gasteiger charge is -2.24. The van der Waals surface area contributed by atoms with Crippen molar-refractivity contribution in [3.63, 3.8) is 0 Å². The first-order chi connectivity index (χ1) is 11.9. The fourth-order valence-corrected chi connectivity index (χ4v) is 4.09. The first kappa shape index (κ1) is 18.4. The van der Waals surface area contributed by atoms with E-state index in [1.807, 2.05) is 0 Å². The van der Waals surface area contributed by atoms with Crippen molar-refractivity contribution in [1.29, 1.82) is 0 Å². The number of nitrogens with zero attached hydrogens (tertiary/aromatic N) is 4. The molecule has 0 aromatic carbocycles. The maximum atomic E-state index is 3.59. The first-order valence-electron chi connectivity index (χ1n) is 10.3. The molecule has 0 aromatic heterocycles. The van der Waals surface area contributed by atoms with E-state index in [1.165, 1.54) is 104 Å². The molecule has 3 aliphatic rings. The predicted octanol–water partition coefficient (Wildman–Crippen LogP) is 2.52. The van der Waals surface area contributed by atoms with Gasteiger partial charge in [0.05, 0.1) is 0 Å². The lowest BCUT2D eigenvalue weighted by Crippen LogP contribution is -2.31. The summed E-state index contributed by atoms with van der Waals surface area (Å²) in [5.74, 6) is 0. The molecular weight excluding hydrogens is 296 g/mol. The Kier molecular flexibility index (Phi) is 8.07. The lowest BCUT2D eigenvalue weighted by atomic mass is 10.2. The minimum Gasteiger partial charge on any atom is -0.303 e. The van der Waals surface area contributed by atoms with Crippen molar-refractivity contribution >= 4 is 0 Å². The van der Waals surface area contributed by atoms with Crippen LogP contribution in [0.4, 0.5) is 0 Å². The van der Waals surface area contributed by atoms with E-state index >= 15 is 0 Å². The van der Waals surface area contributed by atoms with Crippen LogP contribution in [0.5, 0.6) is 0 Å². The standard InChI is InChI=1S/C20H36N4/c1-2-5-11-21(10-4-1)14-8-16-23-18-19-24(20-23)17-9-15-22-12-6-3-7-13-22/h3,6H,1-2,4-5,7-19H2. The van der Waals surface area contributed by atoms with Gasteiger partial charge in [-0.1, -0.05) is 25.0 Å². The minimum atomic E-state index is 1.15. The van der Waals surface area contributed by atoms with Gasteiger partial charge in [0.15, 0.2) is 0 Å². The molecular formula is C20H36N4. The Morgan fingerprint density at radius 3 is 1.92 bits per heavy atom. The largest absolute Gasteiger partial charge is 0.303 e. The van der Waals surface area contributed by atoms with E-state index in [0.717, 1.165) is 6.54 Å². The maximum Gasteiger partial charge on any atom is 0.146 e. The zero-order chi connectivity index (χ0) is 16.5. The molecule has 0 unspecified atom stereocenters. The van der Waals surface area contributed by atoms with Crippen molar-refractivity contribution in [2.45, 2.75) is 44.9 Å². The summed E-state index contributed by atoms with van der Waals surface area (Å²) in [6, 6.07) is 0. The summed E-state index contributed by atoms with van der Waals surface area (Å²) >= 11 is 0. The van der Waals surface area contributed by atoms with Crippen molar-refractivity contribution < 1.29 is 0 Å². The Morgan fingerprint density at radius 2 is 1.29 bits per heavy atom. The van der Waals surface area contributed by atoms with Gasteiger partial charge in [0, 0.05) is 39.3 Å². The summed E-state index contributed by atoms with van der Waals surface area (Å²) < 4.78 is 0. The van der Waals surface area contributed by atoms with Gasteiger partial charge >= 0.3 is 0 Å². The molecule has 0 bridgehead atoms. The minimum absolute atomic E-state index is 1.15. The fourth-order valence-electron chi connectivity index (χ4n) is 4.09. The monoisotopic (exact) mass is 332 g/mol. The Bertz CT molecular complexity index is 363. The highest BCUT2D eigenvalue weighted by Gasteiger charge is 2.21. The molecule has 0 atom stereocenters. The Hall–Kier alpha value is -0.420. The van der Waals surface area contributed by atoms with Crippen LogP contribution in [-0.2, 0) is 0 Å². The van der Waals surface area contributed by atoms with Crippen molar-refractivity contribution in [3.8, 4) is 0 Å². The van der Waals surface area contributed by atoms with Crippen molar-refractivity contribution in [2.75, 3.05) is 65.4 Å². The number of likely N-dealkylation sites (tertiary alicyclic amines) is 1. The van der Waals surface area contributed by atoms with Crippen LogP contribution in [0.25, 0.3) is 0 Å². The van der Waals surface area contributed by atoms with Crippen LogP contribution >= 0.6 is 0 Å². The third kappa shape index (κ3) is 6.47. The maximum absolute atomic E-state index is 3.59. The van der Waals surface area contributed by atoms with Gasteiger partial charge in [0.2, 0.25) is 0 Å². The van der Waals surface area contributed by atoms with Crippen LogP contribution in [0.2, 0.25) is 0 Å². The van der Waals surface area contributed by atoms with E-state index in [1.54, 1.807) is 0 Å². The molecule has 4 heteroatoms. The van der Waals surface area contributed by atoms with Gasteiger partial charge in [-0.15, -0.1) is 0 Å². The zero-order valence-electron chi connectivity index (χ0n) is 15.5. The molecule has 0 N–H and O–H groups in total. The van der Waals surface area contributed by atoms with Gasteiger partial charge in [-0.3, -0.25) is 14.7 Å². The highest BCUT2D eigenvalue weighted by Crippen LogP contribution is 2.13. The first-order valence-corrected chi connectivity index (χ1v) is 10.3. The molecule has 0 spiro atoms. The van der Waals surface area contributed by atoms with Gasteiger partial charge < -0.3 is 4.90 Å². The van der Waals surface area contributed by atoms with Crippen molar-refractivity contribution in [2.24, 2.45) is 0 Å². The predicted molar refractivity (Wildman–Crippen MR) is 101 cm³/mol. The van der Waals surface area contributed by atoms with Gasteiger partial charge in [-0.05, 0) is 58.3 Å². The third-order valence-corrected chi connectivity index (χ3v) is 5.57. The molecule has 2 fully saturated rings. The summed E-state index contributed by atoms with van der Waals surface area (Å²) in [6.07, 6.45) is 14.1. The fraction of sp³-hybridized carbons (Fsp3) is 0.850. The zero-order valence-corrected chi connectivity index (χ0v) is 15.5. The second-order valence-electron chi connectivity index (χ2n) is 7.60. The second kappa shape index (κ2) is 10.5. The lowest BCUT2D eigenvalue weighted by molar-refractivity contribution is 0.248. The average Bonchev–Trinajstić information content (AvgIpc) is 2.89. The molecule has 0 aliphatic carbocycles. The van der Waals surface area contributed by atoms with Crippen LogP contribution in [0.15, 0.2) is 12.2 Å². The van der Waals surface area contributed by atoms with Crippen LogP contribution < -0.4 is 0 Å².